The second-order valence-corrected chi connectivity index (χ2v) is 21.8. The zero-order valence-electron chi connectivity index (χ0n) is 46.6. The molecule has 35 atom stereocenters. The lowest BCUT2D eigenvalue weighted by Gasteiger charge is -2.51. The fraction of sp³-hybridized carbons (Fsp3) is 0.938. The Hall–Kier alpha value is -2.91. The predicted molar refractivity (Wildman–Crippen MR) is 267 cm³/mol. The van der Waals surface area contributed by atoms with Crippen LogP contribution in [0.25, 0.3) is 0 Å². The van der Waals surface area contributed by atoms with E-state index >= 15 is 0 Å². The molecule has 7 aliphatic heterocycles. The number of nitrogens with one attached hydrogen (secondary N) is 3. The van der Waals surface area contributed by atoms with Crippen molar-refractivity contribution in [1.82, 2.24) is 16.0 Å². The molecule has 0 saturated carbocycles. The number of rotatable bonds is 22. The zero-order valence-corrected chi connectivity index (χ0v) is 46.6. The van der Waals surface area contributed by atoms with Crippen LogP contribution >= 0.6 is 0 Å². The van der Waals surface area contributed by atoms with Crippen molar-refractivity contribution in [2.24, 2.45) is 0 Å². The second kappa shape index (κ2) is 31.1. The maximum atomic E-state index is 12.7. The Balaban J connectivity index is 1.14. The SMILES string of the molecule is CC(=O)N[C@H]1[C@H](O[C@H]2[C@H](O)[C@@H](NC(C)=O)C(O)O[C@@H]2CO)O[C@H](CO)[C@@H](O[C@@H]2O[C@H](CO[C@H]3O[C@H](CO)[C@@H](O)[C@H](O)[C@@H]3O)[C@@H](O)[C@H](O[C@H]3O[C@H](CO)[C@@H](O[C@@H]4O[C@H](CO)[C@@H](O)[C@H](O[C@@H]5O[C@H](CO)[C@H](O)[C@H](O)[C@H]5O)[C@H]4NC(C)=O)[C@H](O)[C@@H]3O)[C@@H]2O)[C@@H]1O. The maximum absolute atomic E-state index is 12.7. The summed E-state index contributed by atoms with van der Waals surface area (Å²) in [7, 11) is 0. The summed E-state index contributed by atoms with van der Waals surface area (Å²) in [5.74, 6) is -2.46. The number of amides is 3. The van der Waals surface area contributed by atoms with Crippen LogP contribution in [0, 0.1) is 0 Å². The van der Waals surface area contributed by atoms with Gasteiger partial charge in [-0.25, -0.2) is 0 Å². The molecule has 0 bridgehead atoms. The van der Waals surface area contributed by atoms with Crippen LogP contribution in [0.1, 0.15) is 20.8 Å². The monoisotopic (exact) mass is 1280 g/mol. The minimum atomic E-state index is -2.37. The van der Waals surface area contributed by atoms with Crippen LogP contribution in [-0.4, -0.2) is 381 Å². The fourth-order valence-electron chi connectivity index (χ4n) is 11.1. The molecule has 7 heterocycles. The lowest BCUT2D eigenvalue weighted by molar-refractivity contribution is -0.391. The van der Waals surface area contributed by atoms with Crippen molar-refractivity contribution >= 4 is 17.7 Å². The molecule has 23 N–H and O–H groups in total. The normalized spacial score (nSPS) is 48.9. The molecule has 7 rings (SSSR count). The first kappa shape index (κ1) is 71.5. The van der Waals surface area contributed by atoms with E-state index in [1.54, 1.807) is 0 Å². The molecular formula is C48H81N3O36. The van der Waals surface area contributed by atoms with Gasteiger partial charge in [-0.3, -0.25) is 14.4 Å². The van der Waals surface area contributed by atoms with Gasteiger partial charge in [0.2, 0.25) is 17.7 Å². The summed E-state index contributed by atoms with van der Waals surface area (Å²) in [6, 6.07) is -5.11. The third kappa shape index (κ3) is 15.8. The Bertz CT molecular complexity index is 2180. The summed E-state index contributed by atoms with van der Waals surface area (Å²) in [4.78, 5) is 37.3. The van der Waals surface area contributed by atoms with E-state index in [1.807, 2.05) is 0 Å². The highest BCUT2D eigenvalue weighted by Gasteiger charge is 2.59. The summed E-state index contributed by atoms with van der Waals surface area (Å²) in [6.07, 6.45) is -62.7. The van der Waals surface area contributed by atoms with E-state index in [0.29, 0.717) is 0 Å². The molecule has 0 aromatic heterocycles. The molecule has 504 valence electrons. The first-order valence-corrected chi connectivity index (χ1v) is 27.6. The molecule has 0 spiro atoms. The van der Waals surface area contributed by atoms with Crippen molar-refractivity contribution in [1.29, 1.82) is 0 Å². The Labute approximate surface area is 492 Å². The predicted octanol–water partition coefficient (Wildman–Crippen LogP) is -15.8. The minimum Gasteiger partial charge on any atom is -0.394 e. The van der Waals surface area contributed by atoms with E-state index in [2.05, 4.69) is 16.0 Å². The van der Waals surface area contributed by atoms with Gasteiger partial charge >= 0.3 is 0 Å². The topological polar surface area (TPSA) is 612 Å². The molecule has 3 amide bonds. The van der Waals surface area contributed by atoms with E-state index in [-0.39, 0.29) is 0 Å². The van der Waals surface area contributed by atoms with Gasteiger partial charge in [0.15, 0.2) is 44.0 Å². The number of ether oxygens (including phenoxy) is 13. The van der Waals surface area contributed by atoms with Gasteiger partial charge in [0.1, 0.15) is 171 Å². The first-order valence-electron chi connectivity index (χ1n) is 27.6. The molecule has 0 aromatic carbocycles. The minimum absolute atomic E-state index is 0.736. The average molecular weight is 1280 g/mol. The Morgan fingerprint density at radius 1 is 0.299 bits per heavy atom. The van der Waals surface area contributed by atoms with Gasteiger partial charge in [-0.05, 0) is 0 Å². The molecule has 0 aliphatic carbocycles. The fourth-order valence-corrected chi connectivity index (χ4v) is 11.1. The maximum Gasteiger partial charge on any atom is 0.217 e. The van der Waals surface area contributed by atoms with Crippen LogP contribution in [0.2, 0.25) is 0 Å². The van der Waals surface area contributed by atoms with Crippen molar-refractivity contribution in [3.05, 3.63) is 0 Å². The van der Waals surface area contributed by atoms with Gasteiger partial charge in [0.25, 0.3) is 0 Å². The van der Waals surface area contributed by atoms with Crippen LogP contribution in [0.4, 0.5) is 0 Å². The smallest absolute Gasteiger partial charge is 0.217 e. The first-order chi connectivity index (χ1) is 41.1. The second-order valence-electron chi connectivity index (χ2n) is 21.8. The number of hydrogen-bond acceptors (Lipinski definition) is 36. The largest absolute Gasteiger partial charge is 0.394 e. The van der Waals surface area contributed by atoms with Gasteiger partial charge in [-0.1, -0.05) is 0 Å². The summed E-state index contributed by atoms with van der Waals surface area (Å²) < 4.78 is 75.0. The Morgan fingerprint density at radius 3 is 1.14 bits per heavy atom. The highest BCUT2D eigenvalue weighted by Crippen LogP contribution is 2.38. The summed E-state index contributed by atoms with van der Waals surface area (Å²) in [5.41, 5.74) is 0. The lowest BCUT2D eigenvalue weighted by atomic mass is 9.93. The molecule has 7 saturated heterocycles. The standard InChI is InChI=1S/C48H81N3O36/c1-11(58)49-21-28(65)37(17(7-55)76-42(21)74)83-43-22(50-12(2)59)29(66)38(18(8-56)80-43)85-48-36(73)41(27(64)20(82-48)10-75-45-33(70)30(67)24(61)14(4-52)78-45)87-47-35(72)32(69)39(19(9-57)81-47)84-44-23(51-13(3)60)40(26(63)16(6-54)77-44)86-46-34(71)31(68)25(62)15(5-53)79-46/h14-48,52-57,61-74H,4-10H2,1-3H3,(H,49,58)(H,50,59)(H,51,60)/t14-,15-,16-,17-,18-,19-,20-,21-,22-,23-,24-,25+,26-,27-,28-,29-,30+,31+,32-,33+,34-,35+,36+,37-,38-,39-,40-,41+,42?,43+,44+,45+,46+,47-,48+/m1/s1. The number of carbonyl (C=O) groups is 3. The molecule has 39 nitrogen and oxygen atoms in total. The van der Waals surface area contributed by atoms with Crippen molar-refractivity contribution in [2.45, 2.75) is 236 Å². The van der Waals surface area contributed by atoms with Gasteiger partial charge in [0.05, 0.1) is 46.2 Å². The van der Waals surface area contributed by atoms with Crippen molar-refractivity contribution in [3.63, 3.8) is 0 Å². The average Bonchev–Trinajstić information content (AvgIpc) is 2.03. The molecule has 0 radical (unpaired) electrons. The molecule has 7 aliphatic rings. The number of carbonyl (C=O) groups excluding carboxylic acids is 3. The summed E-state index contributed by atoms with van der Waals surface area (Å²) in [5, 5.41) is 224. The van der Waals surface area contributed by atoms with Crippen molar-refractivity contribution in [3.8, 4) is 0 Å². The van der Waals surface area contributed by atoms with E-state index in [9.17, 15) is 117 Å². The van der Waals surface area contributed by atoms with E-state index in [4.69, 9.17) is 61.6 Å². The molecule has 0 aromatic rings. The Morgan fingerprint density at radius 2 is 0.621 bits per heavy atom. The van der Waals surface area contributed by atoms with Crippen LogP contribution in [-0.2, 0) is 76.0 Å². The zero-order chi connectivity index (χ0) is 64.2. The molecule has 1 unspecified atom stereocenters. The van der Waals surface area contributed by atoms with Crippen molar-refractivity contribution < 1.29 is 178 Å². The van der Waals surface area contributed by atoms with Crippen molar-refractivity contribution in [2.75, 3.05) is 46.2 Å². The van der Waals surface area contributed by atoms with Crippen LogP contribution in [0.5, 0.6) is 0 Å². The molecule has 7 fully saturated rings. The number of aliphatic hydroxyl groups is 20. The van der Waals surface area contributed by atoms with E-state index in [0.717, 1.165) is 20.8 Å². The number of aliphatic hydroxyl groups excluding tert-OH is 20. The third-order valence-electron chi connectivity index (χ3n) is 15.7. The van der Waals surface area contributed by atoms with Gasteiger partial charge < -0.3 is 180 Å². The van der Waals surface area contributed by atoms with Gasteiger partial charge in [-0.2, -0.15) is 0 Å². The van der Waals surface area contributed by atoms with E-state index < -0.39 is 279 Å². The van der Waals surface area contributed by atoms with Gasteiger partial charge in [-0.15, -0.1) is 0 Å². The van der Waals surface area contributed by atoms with Gasteiger partial charge in [0, 0.05) is 20.8 Å². The third-order valence-corrected chi connectivity index (χ3v) is 15.7. The highest BCUT2D eigenvalue weighted by atomic mass is 16.8. The summed E-state index contributed by atoms with van der Waals surface area (Å²) >= 11 is 0. The Kier molecular flexibility index (Phi) is 25.6. The molecule has 39 heteroatoms. The quantitative estimate of drug-likeness (QED) is 0.0479. The van der Waals surface area contributed by atoms with Crippen LogP contribution < -0.4 is 16.0 Å². The number of hydrogen-bond donors (Lipinski definition) is 23. The van der Waals surface area contributed by atoms with E-state index in [1.165, 1.54) is 0 Å². The summed E-state index contributed by atoms with van der Waals surface area (Å²) in [6.45, 7) is -3.90. The molecule has 87 heavy (non-hydrogen) atoms. The highest BCUT2D eigenvalue weighted by molar-refractivity contribution is 5.74. The molecular weight excluding hydrogens is 1190 g/mol. The van der Waals surface area contributed by atoms with Crippen LogP contribution in [0.15, 0.2) is 0 Å². The van der Waals surface area contributed by atoms with Crippen LogP contribution in [0.3, 0.4) is 0 Å². The lowest BCUT2D eigenvalue weighted by Crippen LogP contribution is -2.70.